The van der Waals surface area contributed by atoms with E-state index < -0.39 is 6.04 Å². The van der Waals surface area contributed by atoms with Crippen molar-refractivity contribution in [3.05, 3.63) is 69.7 Å². The van der Waals surface area contributed by atoms with Crippen LogP contribution in [0.25, 0.3) is 0 Å². The molecule has 0 unspecified atom stereocenters. The summed E-state index contributed by atoms with van der Waals surface area (Å²) >= 11 is 3.51. The number of halogens is 1. The fraction of sp³-hybridized carbons (Fsp3) is 0.462. The summed E-state index contributed by atoms with van der Waals surface area (Å²) < 4.78 is 0.969. The van der Waals surface area contributed by atoms with Crippen molar-refractivity contribution in [3.63, 3.8) is 0 Å². The van der Waals surface area contributed by atoms with Gasteiger partial charge in [-0.3, -0.25) is 9.59 Å². The molecule has 0 aromatic heterocycles. The Kier molecular flexibility index (Phi) is 8.70. The third kappa shape index (κ3) is 7.20. The molecule has 0 saturated heterocycles. The lowest BCUT2D eigenvalue weighted by Crippen LogP contribution is -2.50. The van der Waals surface area contributed by atoms with E-state index in [1.807, 2.05) is 31.2 Å². The molecule has 0 spiro atoms. The van der Waals surface area contributed by atoms with Crippen molar-refractivity contribution in [1.82, 2.24) is 10.2 Å². The van der Waals surface area contributed by atoms with Gasteiger partial charge in [-0.05, 0) is 56.4 Å². The van der Waals surface area contributed by atoms with Crippen LogP contribution in [0.3, 0.4) is 0 Å². The van der Waals surface area contributed by atoms with E-state index in [0.717, 1.165) is 41.3 Å². The van der Waals surface area contributed by atoms with E-state index in [9.17, 15) is 9.59 Å². The second kappa shape index (κ2) is 11.5. The first-order chi connectivity index (χ1) is 14.9. The van der Waals surface area contributed by atoms with Gasteiger partial charge >= 0.3 is 0 Å². The fourth-order valence-electron chi connectivity index (χ4n) is 4.13. The molecule has 0 bridgehead atoms. The molecule has 3 rings (SSSR count). The zero-order valence-corrected chi connectivity index (χ0v) is 20.2. The standard InChI is InChI=1S/C26H33BrN2O2/c1-19-11-13-21(14-12-19)15-16-25(30)29(18-22-7-6-8-23(27)17-22)20(2)26(31)28-24-9-4-3-5-10-24/h6-8,11-14,17,20,24H,3-5,9-10,15-16,18H2,1-2H3,(H,28,31)/t20-/m0/s1. The summed E-state index contributed by atoms with van der Waals surface area (Å²) in [4.78, 5) is 28.0. The Balaban J connectivity index is 1.70. The minimum atomic E-state index is -0.508. The van der Waals surface area contributed by atoms with Crippen molar-refractivity contribution in [1.29, 1.82) is 0 Å². The molecule has 166 valence electrons. The minimum absolute atomic E-state index is 0.00634. The predicted octanol–water partition coefficient (Wildman–Crippen LogP) is 5.56. The van der Waals surface area contributed by atoms with Crippen LogP contribution in [0.15, 0.2) is 53.0 Å². The molecule has 0 radical (unpaired) electrons. The van der Waals surface area contributed by atoms with E-state index >= 15 is 0 Å². The summed E-state index contributed by atoms with van der Waals surface area (Å²) in [6, 6.07) is 15.9. The Morgan fingerprint density at radius 2 is 1.77 bits per heavy atom. The molecule has 5 heteroatoms. The summed E-state index contributed by atoms with van der Waals surface area (Å²) in [6.45, 7) is 4.33. The van der Waals surface area contributed by atoms with Crippen LogP contribution in [0.1, 0.15) is 62.1 Å². The number of rotatable bonds is 8. The van der Waals surface area contributed by atoms with E-state index in [2.05, 4.69) is 52.4 Å². The molecule has 4 nitrogen and oxygen atoms in total. The second-order valence-corrected chi connectivity index (χ2v) is 9.57. The molecule has 1 aliphatic rings. The number of carbonyl (C=O) groups excluding carboxylic acids is 2. The number of benzene rings is 2. The number of nitrogens with zero attached hydrogens (tertiary/aromatic N) is 1. The smallest absolute Gasteiger partial charge is 0.242 e. The zero-order chi connectivity index (χ0) is 22.2. The summed E-state index contributed by atoms with van der Waals surface area (Å²) in [6.07, 6.45) is 6.70. The van der Waals surface area contributed by atoms with Crippen LogP contribution < -0.4 is 5.32 Å². The molecule has 2 aromatic carbocycles. The normalized spacial score (nSPS) is 15.3. The van der Waals surface area contributed by atoms with Crippen molar-refractivity contribution in [2.24, 2.45) is 0 Å². The monoisotopic (exact) mass is 484 g/mol. The van der Waals surface area contributed by atoms with Gasteiger partial charge in [-0.1, -0.05) is 77.2 Å². The number of hydrogen-bond donors (Lipinski definition) is 1. The van der Waals surface area contributed by atoms with Crippen LogP contribution in [-0.4, -0.2) is 28.8 Å². The number of hydrogen-bond acceptors (Lipinski definition) is 2. The highest BCUT2D eigenvalue weighted by Gasteiger charge is 2.28. The van der Waals surface area contributed by atoms with Gasteiger partial charge in [-0.2, -0.15) is 0 Å². The first kappa shape index (κ1) is 23.5. The first-order valence-electron chi connectivity index (χ1n) is 11.3. The Bertz CT molecular complexity index is 875. The molecule has 0 aliphatic heterocycles. The maximum Gasteiger partial charge on any atom is 0.242 e. The van der Waals surface area contributed by atoms with Gasteiger partial charge in [0.05, 0.1) is 0 Å². The third-order valence-electron chi connectivity index (χ3n) is 6.11. The Morgan fingerprint density at radius 3 is 2.45 bits per heavy atom. The van der Waals surface area contributed by atoms with Crippen LogP contribution in [0, 0.1) is 6.92 Å². The van der Waals surface area contributed by atoms with Gasteiger partial charge < -0.3 is 10.2 Å². The second-order valence-electron chi connectivity index (χ2n) is 8.66. The molecule has 2 aromatic rings. The van der Waals surface area contributed by atoms with Gasteiger partial charge in [0, 0.05) is 23.5 Å². The maximum atomic E-state index is 13.2. The molecule has 1 atom stereocenters. The summed E-state index contributed by atoms with van der Waals surface area (Å²) in [5.41, 5.74) is 3.36. The molecule has 31 heavy (non-hydrogen) atoms. The molecular weight excluding hydrogens is 452 g/mol. The van der Waals surface area contributed by atoms with Crippen LogP contribution in [0.4, 0.5) is 0 Å². The third-order valence-corrected chi connectivity index (χ3v) is 6.60. The lowest BCUT2D eigenvalue weighted by molar-refractivity contribution is -0.141. The molecule has 1 N–H and O–H groups in total. The Hall–Kier alpha value is -2.14. The average molecular weight is 485 g/mol. The van der Waals surface area contributed by atoms with E-state index in [1.54, 1.807) is 4.90 Å². The average Bonchev–Trinajstić information content (AvgIpc) is 2.77. The molecule has 2 amide bonds. The van der Waals surface area contributed by atoms with E-state index in [4.69, 9.17) is 0 Å². The first-order valence-corrected chi connectivity index (χ1v) is 12.1. The maximum absolute atomic E-state index is 13.2. The molecular formula is C26H33BrN2O2. The molecule has 1 saturated carbocycles. The van der Waals surface area contributed by atoms with Crippen LogP contribution >= 0.6 is 15.9 Å². The quantitative estimate of drug-likeness (QED) is 0.533. The van der Waals surface area contributed by atoms with Crippen molar-refractivity contribution in [3.8, 4) is 0 Å². The lowest BCUT2D eigenvalue weighted by atomic mass is 9.95. The van der Waals surface area contributed by atoms with Gasteiger partial charge in [0.25, 0.3) is 0 Å². The van der Waals surface area contributed by atoms with Crippen LogP contribution in [0.2, 0.25) is 0 Å². The van der Waals surface area contributed by atoms with Crippen LogP contribution in [0.5, 0.6) is 0 Å². The van der Waals surface area contributed by atoms with Gasteiger partial charge in [-0.15, -0.1) is 0 Å². The molecule has 0 heterocycles. The number of amides is 2. The van der Waals surface area contributed by atoms with Gasteiger partial charge in [0.2, 0.25) is 11.8 Å². The molecule has 1 aliphatic carbocycles. The predicted molar refractivity (Wildman–Crippen MR) is 129 cm³/mol. The lowest BCUT2D eigenvalue weighted by Gasteiger charge is -2.31. The van der Waals surface area contributed by atoms with E-state index in [-0.39, 0.29) is 17.9 Å². The van der Waals surface area contributed by atoms with E-state index in [0.29, 0.717) is 19.4 Å². The Labute approximate surface area is 194 Å². The van der Waals surface area contributed by atoms with Crippen molar-refractivity contribution in [2.45, 2.75) is 77.4 Å². The van der Waals surface area contributed by atoms with Crippen LogP contribution in [-0.2, 0) is 22.6 Å². The number of aryl methyl sites for hydroxylation is 2. The number of carbonyl (C=O) groups is 2. The SMILES string of the molecule is Cc1ccc(CCC(=O)N(Cc2cccc(Br)c2)[C@@H](C)C(=O)NC2CCCCC2)cc1. The summed E-state index contributed by atoms with van der Waals surface area (Å²) in [5, 5.41) is 3.19. The highest BCUT2D eigenvalue weighted by atomic mass is 79.9. The largest absolute Gasteiger partial charge is 0.352 e. The van der Waals surface area contributed by atoms with Crippen molar-refractivity contribution < 1.29 is 9.59 Å². The van der Waals surface area contributed by atoms with Gasteiger partial charge in [0.15, 0.2) is 0 Å². The Morgan fingerprint density at radius 1 is 1.06 bits per heavy atom. The topological polar surface area (TPSA) is 49.4 Å². The highest BCUT2D eigenvalue weighted by molar-refractivity contribution is 9.10. The van der Waals surface area contributed by atoms with E-state index in [1.165, 1.54) is 12.0 Å². The molecule has 1 fully saturated rings. The van der Waals surface area contributed by atoms with Gasteiger partial charge in [-0.25, -0.2) is 0 Å². The highest BCUT2D eigenvalue weighted by Crippen LogP contribution is 2.19. The fourth-order valence-corrected chi connectivity index (χ4v) is 4.58. The zero-order valence-electron chi connectivity index (χ0n) is 18.6. The summed E-state index contributed by atoms with van der Waals surface area (Å²) in [5.74, 6) is -0.0440. The van der Waals surface area contributed by atoms with Crippen molar-refractivity contribution in [2.75, 3.05) is 0 Å². The van der Waals surface area contributed by atoms with Crippen molar-refractivity contribution >= 4 is 27.7 Å². The number of nitrogens with one attached hydrogen (secondary N) is 1. The minimum Gasteiger partial charge on any atom is -0.352 e. The van der Waals surface area contributed by atoms with Gasteiger partial charge in [0.1, 0.15) is 6.04 Å². The summed E-state index contributed by atoms with van der Waals surface area (Å²) in [7, 11) is 0.